The van der Waals surface area contributed by atoms with Gasteiger partial charge in [0, 0.05) is 25.3 Å². The largest absolute Gasteiger partial charge is 0.490 e. The van der Waals surface area contributed by atoms with E-state index in [1.165, 1.54) is 24.8 Å². The standard InChI is InChI=1S/C27H36N2O3/c1-21(27(31)16-18-29(19-17-27)20-22-8-4-2-5-9-22)26(30)28-23-12-14-25(15-13-23)32-24-10-6-3-7-11-24/h2,4-5,8-9,12-15,21,24,31H,3,6-7,10-11,16-20H2,1H3,(H,28,30). The maximum Gasteiger partial charge on any atom is 0.230 e. The number of piperidine rings is 1. The summed E-state index contributed by atoms with van der Waals surface area (Å²) in [4.78, 5) is 15.2. The molecule has 2 N–H and O–H groups in total. The zero-order valence-electron chi connectivity index (χ0n) is 19.1. The van der Waals surface area contributed by atoms with Gasteiger partial charge in [-0.1, -0.05) is 43.7 Å². The van der Waals surface area contributed by atoms with Gasteiger partial charge in [-0.25, -0.2) is 0 Å². The van der Waals surface area contributed by atoms with Crippen molar-refractivity contribution >= 4 is 11.6 Å². The van der Waals surface area contributed by atoms with Crippen molar-refractivity contribution in [1.29, 1.82) is 0 Å². The Morgan fingerprint density at radius 1 is 1.06 bits per heavy atom. The number of hydrogen-bond acceptors (Lipinski definition) is 4. The van der Waals surface area contributed by atoms with Gasteiger partial charge in [-0.05, 0) is 68.4 Å². The monoisotopic (exact) mass is 436 g/mol. The van der Waals surface area contributed by atoms with E-state index in [1.807, 2.05) is 37.3 Å². The smallest absolute Gasteiger partial charge is 0.230 e. The lowest BCUT2D eigenvalue weighted by Crippen LogP contribution is -2.51. The van der Waals surface area contributed by atoms with E-state index in [0.717, 1.165) is 43.9 Å². The summed E-state index contributed by atoms with van der Waals surface area (Å²) in [5, 5.41) is 14.2. The van der Waals surface area contributed by atoms with Crippen LogP contribution in [0.4, 0.5) is 5.69 Å². The van der Waals surface area contributed by atoms with Crippen LogP contribution in [0.1, 0.15) is 57.4 Å². The van der Waals surface area contributed by atoms with Crippen molar-refractivity contribution in [3.63, 3.8) is 0 Å². The third-order valence-electron chi connectivity index (χ3n) is 7.15. The third kappa shape index (κ3) is 5.90. The number of hydrogen-bond donors (Lipinski definition) is 2. The third-order valence-corrected chi connectivity index (χ3v) is 7.15. The van der Waals surface area contributed by atoms with E-state index >= 15 is 0 Å². The molecule has 0 radical (unpaired) electrons. The van der Waals surface area contributed by atoms with Crippen LogP contribution in [0.3, 0.4) is 0 Å². The van der Waals surface area contributed by atoms with Crippen molar-refractivity contribution in [2.24, 2.45) is 5.92 Å². The maximum absolute atomic E-state index is 12.9. The second-order valence-electron chi connectivity index (χ2n) is 9.48. The van der Waals surface area contributed by atoms with E-state index in [1.54, 1.807) is 0 Å². The van der Waals surface area contributed by atoms with Crippen molar-refractivity contribution < 1.29 is 14.6 Å². The van der Waals surface area contributed by atoms with E-state index in [4.69, 9.17) is 4.74 Å². The summed E-state index contributed by atoms with van der Waals surface area (Å²) in [6.45, 7) is 4.29. The predicted molar refractivity (Wildman–Crippen MR) is 128 cm³/mol. The normalized spacial score (nSPS) is 20.4. The average molecular weight is 437 g/mol. The summed E-state index contributed by atoms with van der Waals surface area (Å²) in [6, 6.07) is 18.0. The zero-order valence-corrected chi connectivity index (χ0v) is 19.1. The first-order valence-electron chi connectivity index (χ1n) is 12.1. The second-order valence-corrected chi connectivity index (χ2v) is 9.48. The van der Waals surface area contributed by atoms with Crippen LogP contribution in [-0.4, -0.2) is 40.7 Å². The molecule has 1 saturated heterocycles. The van der Waals surface area contributed by atoms with E-state index in [-0.39, 0.29) is 5.91 Å². The quantitative estimate of drug-likeness (QED) is 0.641. The molecule has 5 heteroatoms. The van der Waals surface area contributed by atoms with Gasteiger partial charge >= 0.3 is 0 Å². The molecule has 2 aromatic rings. The lowest BCUT2D eigenvalue weighted by Gasteiger charge is -2.41. The maximum atomic E-state index is 12.9. The van der Waals surface area contributed by atoms with Gasteiger partial charge in [0.15, 0.2) is 0 Å². The lowest BCUT2D eigenvalue weighted by atomic mass is 9.80. The number of carbonyl (C=O) groups is 1. The molecule has 2 fully saturated rings. The van der Waals surface area contributed by atoms with Crippen molar-refractivity contribution in [2.45, 2.75) is 70.1 Å². The Morgan fingerprint density at radius 2 is 1.72 bits per heavy atom. The van der Waals surface area contributed by atoms with Crippen molar-refractivity contribution in [3.8, 4) is 5.75 Å². The van der Waals surface area contributed by atoms with Gasteiger partial charge in [-0.15, -0.1) is 0 Å². The summed E-state index contributed by atoms with van der Waals surface area (Å²) in [6.07, 6.45) is 7.54. The van der Waals surface area contributed by atoms with Crippen LogP contribution >= 0.6 is 0 Å². The van der Waals surface area contributed by atoms with Crippen molar-refractivity contribution in [1.82, 2.24) is 4.90 Å². The highest BCUT2D eigenvalue weighted by Crippen LogP contribution is 2.32. The van der Waals surface area contributed by atoms with Crippen LogP contribution in [0.15, 0.2) is 54.6 Å². The molecule has 5 nitrogen and oxygen atoms in total. The summed E-state index contributed by atoms with van der Waals surface area (Å²) in [5.41, 5.74) is 1.05. The molecule has 1 saturated carbocycles. The zero-order chi connectivity index (χ0) is 22.4. The first kappa shape index (κ1) is 22.8. The molecule has 1 atom stereocenters. The van der Waals surface area contributed by atoms with Crippen molar-refractivity contribution in [3.05, 3.63) is 60.2 Å². The molecule has 1 aliphatic carbocycles. The minimum Gasteiger partial charge on any atom is -0.490 e. The summed E-state index contributed by atoms with van der Waals surface area (Å²) < 4.78 is 6.07. The first-order valence-corrected chi connectivity index (χ1v) is 12.1. The summed E-state index contributed by atoms with van der Waals surface area (Å²) >= 11 is 0. The predicted octanol–water partition coefficient (Wildman–Crippen LogP) is 5.00. The minimum absolute atomic E-state index is 0.134. The number of anilines is 1. The molecular formula is C27H36N2O3. The number of carbonyl (C=O) groups excluding carboxylic acids is 1. The molecular weight excluding hydrogens is 400 g/mol. The van der Waals surface area contributed by atoms with Crippen molar-refractivity contribution in [2.75, 3.05) is 18.4 Å². The molecule has 2 aromatic carbocycles. The first-order chi connectivity index (χ1) is 15.5. The Labute approximate surface area is 191 Å². The summed E-state index contributed by atoms with van der Waals surface area (Å²) in [5.74, 6) is 0.247. The highest BCUT2D eigenvalue weighted by molar-refractivity contribution is 5.93. The van der Waals surface area contributed by atoms with Gasteiger partial charge in [-0.2, -0.15) is 0 Å². The Bertz CT molecular complexity index is 854. The highest BCUT2D eigenvalue weighted by atomic mass is 16.5. The number of ether oxygens (including phenoxy) is 1. The number of likely N-dealkylation sites (tertiary alicyclic amines) is 1. The van der Waals surface area contributed by atoms with Crippen LogP contribution in [0, 0.1) is 5.92 Å². The van der Waals surface area contributed by atoms with Gasteiger partial charge in [0.25, 0.3) is 0 Å². The number of aliphatic hydroxyl groups is 1. The molecule has 1 aliphatic heterocycles. The topological polar surface area (TPSA) is 61.8 Å². The van der Waals surface area contributed by atoms with Crippen LogP contribution in [-0.2, 0) is 11.3 Å². The van der Waals surface area contributed by atoms with Crippen LogP contribution in [0.2, 0.25) is 0 Å². The van der Waals surface area contributed by atoms with Gasteiger partial charge < -0.3 is 15.2 Å². The number of benzene rings is 2. The summed E-state index contributed by atoms with van der Waals surface area (Å²) in [7, 11) is 0. The molecule has 0 aromatic heterocycles. The number of nitrogens with zero attached hydrogens (tertiary/aromatic N) is 1. The van der Waals surface area contributed by atoms with E-state index in [9.17, 15) is 9.90 Å². The number of amides is 1. The lowest BCUT2D eigenvalue weighted by molar-refractivity contribution is -0.132. The Balaban J connectivity index is 1.26. The fourth-order valence-electron chi connectivity index (χ4n) is 4.86. The average Bonchev–Trinajstić information content (AvgIpc) is 2.83. The van der Waals surface area contributed by atoms with E-state index in [2.05, 4.69) is 34.5 Å². The van der Waals surface area contributed by atoms with Gasteiger partial charge in [-0.3, -0.25) is 9.69 Å². The highest BCUT2D eigenvalue weighted by Gasteiger charge is 2.40. The van der Waals surface area contributed by atoms with Crippen LogP contribution < -0.4 is 10.1 Å². The Hall–Kier alpha value is -2.37. The number of nitrogens with one attached hydrogen (secondary N) is 1. The molecule has 1 heterocycles. The molecule has 0 bridgehead atoms. The molecule has 1 unspecified atom stereocenters. The van der Waals surface area contributed by atoms with E-state index in [0.29, 0.717) is 18.9 Å². The fourth-order valence-corrected chi connectivity index (χ4v) is 4.86. The molecule has 2 aliphatic rings. The van der Waals surface area contributed by atoms with Gasteiger partial charge in [0.2, 0.25) is 5.91 Å². The Kier molecular flexibility index (Phi) is 7.48. The number of rotatable bonds is 7. The fraction of sp³-hybridized carbons (Fsp3) is 0.519. The van der Waals surface area contributed by atoms with E-state index < -0.39 is 11.5 Å². The molecule has 32 heavy (non-hydrogen) atoms. The van der Waals surface area contributed by atoms with Gasteiger partial charge in [0.1, 0.15) is 5.75 Å². The molecule has 1 amide bonds. The second kappa shape index (κ2) is 10.5. The molecule has 0 spiro atoms. The molecule has 4 rings (SSSR count). The van der Waals surface area contributed by atoms with Crippen LogP contribution in [0.5, 0.6) is 5.75 Å². The Morgan fingerprint density at radius 3 is 2.38 bits per heavy atom. The molecule has 172 valence electrons. The SMILES string of the molecule is CC(C(=O)Nc1ccc(OC2CCCCC2)cc1)C1(O)CCN(Cc2ccccc2)CC1. The van der Waals surface area contributed by atoms with Crippen LogP contribution in [0.25, 0.3) is 0 Å². The minimum atomic E-state index is -0.971. The van der Waals surface area contributed by atoms with Gasteiger partial charge in [0.05, 0.1) is 17.6 Å².